The molecule has 0 aliphatic heterocycles. The van der Waals surface area contributed by atoms with Crippen LogP contribution >= 0.6 is 0 Å². The van der Waals surface area contributed by atoms with Gasteiger partial charge in [-0.05, 0) is 25.8 Å². The molecule has 0 aliphatic carbocycles. The van der Waals surface area contributed by atoms with E-state index in [0.717, 1.165) is 24.4 Å². The summed E-state index contributed by atoms with van der Waals surface area (Å²) in [5.41, 5.74) is -0.422. The van der Waals surface area contributed by atoms with Crippen LogP contribution in [0.2, 0.25) is 18.6 Å². The maximum absolute atomic E-state index is 13.1. The lowest BCUT2D eigenvalue weighted by molar-refractivity contribution is -0.161. The zero-order valence-electron chi connectivity index (χ0n) is 22.8. The molecule has 0 saturated carbocycles. The topological polar surface area (TPSA) is 69.7 Å². The summed E-state index contributed by atoms with van der Waals surface area (Å²) in [6, 6.07) is 9.96. The van der Waals surface area contributed by atoms with Crippen LogP contribution in [0.15, 0.2) is 30.3 Å². The van der Waals surface area contributed by atoms with Crippen LogP contribution in [-0.4, -0.2) is 39.0 Å². The van der Waals surface area contributed by atoms with Crippen LogP contribution in [-0.2, 0) is 23.9 Å². The molecule has 1 aromatic rings. The highest BCUT2D eigenvalue weighted by atomic mass is 28.3. The number of Topliss-reactive ketones (excluding diaryl/α,β-unsaturated/α-hetero) is 1. The van der Waals surface area contributed by atoms with Crippen molar-refractivity contribution in [2.75, 3.05) is 13.2 Å². The molecule has 0 radical (unpaired) electrons. The summed E-state index contributed by atoms with van der Waals surface area (Å²) >= 11 is 0. The molecule has 0 bridgehead atoms. The highest BCUT2D eigenvalue weighted by Crippen LogP contribution is 2.36. The highest BCUT2D eigenvalue weighted by molar-refractivity contribution is 6.91. The van der Waals surface area contributed by atoms with E-state index in [1.807, 2.05) is 30.3 Å². The van der Waals surface area contributed by atoms with E-state index in [9.17, 15) is 14.4 Å². The molecule has 35 heavy (non-hydrogen) atoms. The zero-order valence-corrected chi connectivity index (χ0v) is 23.8. The van der Waals surface area contributed by atoms with Crippen molar-refractivity contribution >= 4 is 31.0 Å². The van der Waals surface area contributed by atoms with E-state index < -0.39 is 31.5 Å². The molecule has 0 amide bonds. The molecule has 6 heteroatoms. The first kappa shape index (κ1) is 31.1. The Morgan fingerprint density at radius 3 is 1.71 bits per heavy atom. The van der Waals surface area contributed by atoms with E-state index in [1.54, 1.807) is 13.8 Å². The van der Waals surface area contributed by atoms with Gasteiger partial charge in [-0.15, -0.1) is 0 Å². The van der Waals surface area contributed by atoms with Crippen molar-refractivity contribution in [3.8, 4) is 0 Å². The molecule has 1 rings (SSSR count). The molecule has 1 aromatic carbocycles. The van der Waals surface area contributed by atoms with Crippen molar-refractivity contribution in [1.29, 1.82) is 0 Å². The van der Waals surface area contributed by atoms with Gasteiger partial charge in [-0.25, -0.2) is 0 Å². The number of ketones is 1. The summed E-state index contributed by atoms with van der Waals surface area (Å²) in [5, 5.41) is 1.11. The third kappa shape index (κ3) is 11.1. The van der Waals surface area contributed by atoms with Crippen molar-refractivity contribution in [3.05, 3.63) is 30.3 Å². The number of unbranched alkanes of at least 4 members (excludes halogenated alkanes) is 8. The summed E-state index contributed by atoms with van der Waals surface area (Å²) in [6.45, 7) is 10.3. The van der Waals surface area contributed by atoms with E-state index >= 15 is 0 Å². The first-order valence-corrected chi connectivity index (χ1v) is 16.8. The van der Waals surface area contributed by atoms with E-state index in [4.69, 9.17) is 9.47 Å². The van der Waals surface area contributed by atoms with Crippen molar-refractivity contribution in [3.63, 3.8) is 0 Å². The first-order chi connectivity index (χ1) is 16.8. The Morgan fingerprint density at radius 2 is 1.23 bits per heavy atom. The van der Waals surface area contributed by atoms with Crippen molar-refractivity contribution < 1.29 is 23.9 Å². The van der Waals surface area contributed by atoms with Crippen molar-refractivity contribution in [2.45, 2.75) is 110 Å². The monoisotopic (exact) mass is 504 g/mol. The number of ether oxygens (including phenoxy) is 2. The van der Waals surface area contributed by atoms with Gasteiger partial charge in [0.2, 0.25) is 0 Å². The second kappa shape index (κ2) is 17.5. The average Bonchev–Trinajstić information content (AvgIpc) is 2.83. The Hall–Kier alpha value is -1.95. The summed E-state index contributed by atoms with van der Waals surface area (Å²) in [6.07, 6.45) is 11.4. The minimum Gasteiger partial charge on any atom is -0.465 e. The minimum absolute atomic E-state index is 0.119. The first-order valence-electron chi connectivity index (χ1n) is 13.7. The highest BCUT2D eigenvalue weighted by Gasteiger charge is 2.47. The Balaban J connectivity index is 2.91. The predicted octanol–water partition coefficient (Wildman–Crippen LogP) is 6.59. The van der Waals surface area contributed by atoms with Crippen LogP contribution in [0.1, 0.15) is 91.4 Å². The molecule has 1 atom stereocenters. The number of hydrogen-bond acceptors (Lipinski definition) is 5. The number of hydrogen-bond donors (Lipinski definition) is 0. The molecule has 0 aliphatic rings. The fourth-order valence-electron chi connectivity index (χ4n) is 4.74. The van der Waals surface area contributed by atoms with E-state index in [2.05, 4.69) is 20.0 Å². The molecule has 198 valence electrons. The predicted molar refractivity (Wildman–Crippen MR) is 146 cm³/mol. The van der Waals surface area contributed by atoms with Crippen LogP contribution in [0.25, 0.3) is 0 Å². The minimum atomic E-state index is -2.42. The third-order valence-electron chi connectivity index (χ3n) is 6.93. The van der Waals surface area contributed by atoms with Gasteiger partial charge in [0, 0.05) is 12.8 Å². The van der Waals surface area contributed by atoms with Crippen LogP contribution < -0.4 is 5.19 Å². The van der Waals surface area contributed by atoms with Crippen LogP contribution in [0.3, 0.4) is 0 Å². The molecule has 0 spiro atoms. The van der Waals surface area contributed by atoms with Gasteiger partial charge >= 0.3 is 11.9 Å². The molecule has 0 N–H and O–H groups in total. The Morgan fingerprint density at radius 1 is 0.743 bits per heavy atom. The Kier molecular flexibility index (Phi) is 15.5. The van der Waals surface area contributed by atoms with Gasteiger partial charge in [0.1, 0.15) is 5.78 Å². The molecular weight excluding hydrogens is 456 g/mol. The largest absolute Gasteiger partial charge is 0.465 e. The third-order valence-corrected chi connectivity index (χ3v) is 11.1. The summed E-state index contributed by atoms with van der Waals surface area (Å²) in [4.78, 5) is 39.1. The van der Waals surface area contributed by atoms with E-state index in [0.29, 0.717) is 6.42 Å². The molecule has 0 fully saturated rings. The van der Waals surface area contributed by atoms with Crippen LogP contribution in [0.4, 0.5) is 0 Å². The Labute approximate surface area is 214 Å². The van der Waals surface area contributed by atoms with Gasteiger partial charge < -0.3 is 9.47 Å². The number of carbonyl (C=O) groups is 3. The average molecular weight is 505 g/mol. The molecule has 0 heterocycles. The number of benzene rings is 1. The zero-order chi connectivity index (χ0) is 26.1. The number of esters is 2. The second-order valence-electron chi connectivity index (χ2n) is 10.00. The molecule has 0 aromatic heterocycles. The fourth-order valence-corrected chi connectivity index (χ4v) is 8.06. The maximum Gasteiger partial charge on any atom is 0.320 e. The van der Waals surface area contributed by atoms with Gasteiger partial charge in [0.25, 0.3) is 0 Å². The number of carbonyl (C=O) groups excluding carboxylic acids is 3. The summed E-state index contributed by atoms with van der Waals surface area (Å²) in [5.74, 6) is -2.12. The van der Waals surface area contributed by atoms with Gasteiger partial charge in [-0.1, -0.05) is 107 Å². The molecule has 0 saturated heterocycles. The quantitative estimate of drug-likeness (QED) is 0.0919. The smallest absolute Gasteiger partial charge is 0.320 e. The lowest BCUT2D eigenvalue weighted by atomic mass is 9.98. The van der Waals surface area contributed by atoms with Crippen LogP contribution in [0, 0.1) is 5.92 Å². The lowest BCUT2D eigenvalue weighted by Crippen LogP contribution is -2.52. The normalized spacial score (nSPS) is 12.4. The van der Waals surface area contributed by atoms with Crippen molar-refractivity contribution in [2.24, 2.45) is 5.92 Å². The van der Waals surface area contributed by atoms with Crippen molar-refractivity contribution in [1.82, 2.24) is 0 Å². The maximum atomic E-state index is 13.1. The summed E-state index contributed by atoms with van der Waals surface area (Å²) in [7, 11) is -2.42. The Bertz CT molecular complexity index is 729. The van der Waals surface area contributed by atoms with Crippen LogP contribution in [0.5, 0.6) is 0 Å². The molecule has 0 unspecified atom stereocenters. The van der Waals surface area contributed by atoms with Gasteiger partial charge in [0.15, 0.2) is 5.92 Å². The standard InChI is InChI=1S/C29H48O5Si/c1-6-9-10-11-12-13-14-15-17-20-24(30)23-26(35(4,5)25-21-18-16-19-22-25)27(28(31)33-7-2)29(32)34-8-3/h16,18-19,21-22,26-27H,6-15,17,20,23H2,1-5H3/t26-/m0/s1. The molecular formula is C29H48O5Si. The number of rotatable bonds is 19. The summed E-state index contributed by atoms with van der Waals surface area (Å²) < 4.78 is 10.6. The second-order valence-corrected chi connectivity index (χ2v) is 14.8. The molecule has 5 nitrogen and oxygen atoms in total. The fraction of sp³-hybridized carbons (Fsp3) is 0.690. The van der Waals surface area contributed by atoms with Gasteiger partial charge in [-0.2, -0.15) is 0 Å². The lowest BCUT2D eigenvalue weighted by Gasteiger charge is -2.36. The SMILES string of the molecule is CCCCCCCCCCCC(=O)C[C@@H](C(C(=O)OCC)C(=O)OCC)[Si](C)(C)c1ccccc1. The van der Waals surface area contributed by atoms with Gasteiger partial charge in [-0.3, -0.25) is 14.4 Å². The van der Waals surface area contributed by atoms with Gasteiger partial charge in [0.05, 0.1) is 21.3 Å². The van der Waals surface area contributed by atoms with E-state index in [-0.39, 0.29) is 25.4 Å². The van der Waals surface area contributed by atoms with E-state index in [1.165, 1.54) is 38.5 Å².